The van der Waals surface area contributed by atoms with Crippen molar-refractivity contribution >= 4 is 5.97 Å². The molecule has 0 amide bonds. The maximum Gasteiger partial charge on any atom is 0.392 e. The number of carbonyl (C=O) groups excluding carboxylic acids is 1. The molecular formula is C25H33F3O3. The number of carbonyl (C=O) groups is 1. The van der Waals surface area contributed by atoms with Crippen molar-refractivity contribution in [2.75, 3.05) is 0 Å². The molecule has 1 aromatic carbocycles. The second kappa shape index (κ2) is 8.09. The summed E-state index contributed by atoms with van der Waals surface area (Å²) < 4.78 is 46.3. The van der Waals surface area contributed by atoms with Crippen LogP contribution in [0.3, 0.4) is 0 Å². The van der Waals surface area contributed by atoms with E-state index in [4.69, 9.17) is 4.74 Å². The summed E-state index contributed by atoms with van der Waals surface area (Å²) in [6.07, 6.45) is -1.27. The van der Waals surface area contributed by atoms with Crippen LogP contribution in [0.25, 0.3) is 0 Å². The van der Waals surface area contributed by atoms with Crippen molar-refractivity contribution in [3.8, 4) is 0 Å². The summed E-state index contributed by atoms with van der Waals surface area (Å²) in [4.78, 5) is 13.3. The molecule has 0 saturated heterocycles. The standard InChI is InChI=1S/C25H33F3O3/c1-16(2)25(20-11-18-10-19(13-20)14-21(25)12-18)31-22(29)23(30,15-24(26,27)28)9-8-17-6-4-3-5-7-17/h3-7,16,18-21,30H,8-15H2,1-2H3. The highest BCUT2D eigenvalue weighted by molar-refractivity contribution is 5.80. The van der Waals surface area contributed by atoms with Crippen molar-refractivity contribution < 1.29 is 27.8 Å². The molecule has 31 heavy (non-hydrogen) atoms. The number of aryl methyl sites for hydroxylation is 1. The van der Waals surface area contributed by atoms with Crippen molar-refractivity contribution in [2.45, 2.75) is 82.6 Å². The Kier molecular flexibility index (Phi) is 5.91. The average Bonchev–Trinajstić information content (AvgIpc) is 2.68. The number of alkyl halides is 3. The Hall–Kier alpha value is -1.56. The first-order valence-corrected chi connectivity index (χ1v) is 11.6. The molecule has 4 aliphatic rings. The number of aliphatic hydroxyl groups is 1. The molecule has 3 nitrogen and oxygen atoms in total. The van der Waals surface area contributed by atoms with Crippen molar-refractivity contribution in [3.05, 3.63) is 35.9 Å². The molecule has 4 aliphatic carbocycles. The zero-order chi connectivity index (χ0) is 22.4. The van der Waals surface area contributed by atoms with Crippen molar-refractivity contribution in [2.24, 2.45) is 29.6 Å². The fourth-order valence-electron chi connectivity index (χ4n) is 6.99. The molecule has 4 fully saturated rings. The van der Waals surface area contributed by atoms with Crippen molar-refractivity contribution in [3.63, 3.8) is 0 Å². The summed E-state index contributed by atoms with van der Waals surface area (Å²) >= 11 is 0. The number of rotatable bonds is 7. The minimum Gasteiger partial charge on any atom is -0.456 e. The van der Waals surface area contributed by atoms with E-state index in [2.05, 4.69) is 0 Å². The molecule has 1 N–H and O–H groups in total. The maximum atomic E-state index is 13.4. The number of benzene rings is 1. The second-order valence-corrected chi connectivity index (χ2v) is 10.5. The van der Waals surface area contributed by atoms with Gasteiger partial charge in [0.15, 0.2) is 5.60 Å². The van der Waals surface area contributed by atoms with Crippen molar-refractivity contribution in [1.82, 2.24) is 0 Å². The van der Waals surface area contributed by atoms with Crippen LogP contribution < -0.4 is 0 Å². The molecule has 1 atom stereocenters. The Morgan fingerprint density at radius 2 is 1.61 bits per heavy atom. The number of hydrogen-bond donors (Lipinski definition) is 1. The summed E-state index contributed by atoms with van der Waals surface area (Å²) in [6, 6.07) is 8.97. The van der Waals surface area contributed by atoms with E-state index in [1.165, 1.54) is 6.42 Å². The van der Waals surface area contributed by atoms with E-state index in [9.17, 15) is 23.1 Å². The monoisotopic (exact) mass is 438 g/mol. The minimum atomic E-state index is -4.67. The summed E-state index contributed by atoms with van der Waals surface area (Å²) in [7, 11) is 0. The molecule has 172 valence electrons. The summed E-state index contributed by atoms with van der Waals surface area (Å²) in [5, 5.41) is 11.0. The summed E-state index contributed by atoms with van der Waals surface area (Å²) in [5.41, 5.74) is -2.56. The largest absolute Gasteiger partial charge is 0.456 e. The van der Waals surface area contributed by atoms with Gasteiger partial charge >= 0.3 is 12.1 Å². The van der Waals surface area contributed by atoms with Crippen LogP contribution in [-0.2, 0) is 16.0 Å². The van der Waals surface area contributed by atoms with E-state index in [0.717, 1.165) is 31.2 Å². The van der Waals surface area contributed by atoms with E-state index in [1.807, 2.05) is 19.9 Å². The highest BCUT2D eigenvalue weighted by Gasteiger charge is 2.62. The Balaban J connectivity index is 1.58. The highest BCUT2D eigenvalue weighted by Crippen LogP contribution is 2.62. The predicted octanol–water partition coefficient (Wildman–Crippen LogP) is 5.70. The molecule has 4 bridgehead atoms. The molecule has 0 heterocycles. The lowest BCUT2D eigenvalue weighted by molar-refractivity contribution is -0.247. The van der Waals surface area contributed by atoms with Gasteiger partial charge in [0.05, 0.1) is 6.42 Å². The van der Waals surface area contributed by atoms with Crippen LogP contribution in [0.2, 0.25) is 0 Å². The minimum absolute atomic E-state index is 0.00397. The van der Waals surface area contributed by atoms with E-state index in [0.29, 0.717) is 11.8 Å². The smallest absolute Gasteiger partial charge is 0.392 e. The number of hydrogen-bond acceptors (Lipinski definition) is 3. The van der Waals surface area contributed by atoms with E-state index < -0.39 is 29.8 Å². The Labute approximate surface area is 182 Å². The fourth-order valence-corrected chi connectivity index (χ4v) is 6.99. The SMILES string of the molecule is CC(C)C1(OC(=O)C(O)(CCc2ccccc2)CC(F)(F)F)C2CC3CC(C2)CC1C3. The molecule has 0 spiro atoms. The van der Waals surface area contributed by atoms with Gasteiger partial charge in [-0.2, -0.15) is 13.2 Å². The number of esters is 1. The van der Waals surface area contributed by atoms with Gasteiger partial charge in [-0.25, -0.2) is 4.79 Å². The number of halogens is 3. The fraction of sp³-hybridized carbons (Fsp3) is 0.720. The molecule has 0 radical (unpaired) electrons. The molecule has 5 rings (SSSR count). The molecule has 4 saturated carbocycles. The van der Waals surface area contributed by atoms with Crippen molar-refractivity contribution in [1.29, 1.82) is 0 Å². The van der Waals surface area contributed by atoms with E-state index in [1.54, 1.807) is 24.3 Å². The lowest BCUT2D eigenvalue weighted by Gasteiger charge is -2.62. The quantitative estimate of drug-likeness (QED) is 0.556. The second-order valence-electron chi connectivity index (χ2n) is 10.5. The first-order chi connectivity index (χ1) is 14.5. The summed E-state index contributed by atoms with van der Waals surface area (Å²) in [5.74, 6) is 0.534. The molecule has 1 aromatic rings. The zero-order valence-corrected chi connectivity index (χ0v) is 18.3. The van der Waals surface area contributed by atoms with Gasteiger partial charge in [0.2, 0.25) is 0 Å². The highest BCUT2D eigenvalue weighted by atomic mass is 19.4. The summed E-state index contributed by atoms with van der Waals surface area (Å²) in [6.45, 7) is 4.00. The Morgan fingerprint density at radius 1 is 1.06 bits per heavy atom. The third kappa shape index (κ3) is 4.37. The lowest BCUT2D eigenvalue weighted by Crippen LogP contribution is -2.64. The third-order valence-corrected chi connectivity index (χ3v) is 8.13. The van der Waals surface area contributed by atoms with Gasteiger partial charge in [-0.15, -0.1) is 0 Å². The van der Waals surface area contributed by atoms with Crippen LogP contribution >= 0.6 is 0 Å². The van der Waals surface area contributed by atoms with Crippen LogP contribution in [0.5, 0.6) is 0 Å². The van der Waals surface area contributed by atoms with Crippen LogP contribution in [-0.4, -0.2) is 28.5 Å². The molecule has 0 aliphatic heterocycles. The van der Waals surface area contributed by atoms with Gasteiger partial charge in [0, 0.05) is 0 Å². The molecule has 0 aromatic heterocycles. The molecule has 6 heteroatoms. The van der Waals surface area contributed by atoms with E-state index in [-0.39, 0.29) is 30.6 Å². The van der Waals surface area contributed by atoms with Gasteiger partial charge in [0.25, 0.3) is 0 Å². The first kappa shape index (κ1) is 22.6. The van der Waals surface area contributed by atoms with Crippen LogP contribution in [0, 0.1) is 29.6 Å². The van der Waals surface area contributed by atoms with Gasteiger partial charge in [-0.05, 0) is 80.1 Å². The van der Waals surface area contributed by atoms with Gasteiger partial charge in [0.1, 0.15) is 5.60 Å². The zero-order valence-electron chi connectivity index (χ0n) is 18.3. The first-order valence-electron chi connectivity index (χ1n) is 11.6. The molecule has 1 unspecified atom stereocenters. The van der Waals surface area contributed by atoms with Crippen LogP contribution in [0.4, 0.5) is 13.2 Å². The predicted molar refractivity (Wildman–Crippen MR) is 111 cm³/mol. The van der Waals surface area contributed by atoms with Crippen LogP contribution in [0.15, 0.2) is 30.3 Å². The van der Waals surface area contributed by atoms with Crippen LogP contribution in [0.1, 0.15) is 64.4 Å². The average molecular weight is 439 g/mol. The van der Waals surface area contributed by atoms with Gasteiger partial charge in [-0.1, -0.05) is 44.2 Å². The third-order valence-electron chi connectivity index (χ3n) is 8.13. The lowest BCUT2D eigenvalue weighted by atomic mass is 9.47. The maximum absolute atomic E-state index is 13.4. The van der Waals surface area contributed by atoms with E-state index >= 15 is 0 Å². The number of ether oxygens (including phenoxy) is 1. The normalized spacial score (nSPS) is 34.0. The Bertz CT molecular complexity index is 761. The van der Waals surface area contributed by atoms with Gasteiger partial charge in [-0.3, -0.25) is 0 Å². The molecular weight excluding hydrogens is 405 g/mol. The van der Waals surface area contributed by atoms with Gasteiger partial charge < -0.3 is 9.84 Å². The topological polar surface area (TPSA) is 46.5 Å². The Morgan fingerprint density at radius 3 is 2.10 bits per heavy atom.